The minimum Gasteiger partial charge on any atom is -0.543 e. The topological polar surface area (TPSA) is 256 Å². The number of nitrogens with one attached hydrogen (secondary N) is 1. The highest BCUT2D eigenvalue weighted by molar-refractivity contribution is 8.01. The fourth-order valence-corrected chi connectivity index (χ4v) is 7.14. The standard InChI is InChI=1S/C24H29N9O7S3/c1-5-10-15(25)30-23(32(4)16(10)26)43-7-9-6-41-19-13(18(35)33(19)14(9)20(36)37)29-17(34)12(11-8-42-22(27)28-11)31-40-24(2,3)21(38)39/h8,13,19H,5-7H2,1-4H3,(H8,25,26,27,28,29,34,36,37,38,39)/b31-12-. The van der Waals surface area contributed by atoms with Crippen molar-refractivity contribution >= 4 is 81.1 Å². The third-order valence-corrected chi connectivity index (χ3v) is 9.73. The Labute approximate surface area is 257 Å². The first-order chi connectivity index (χ1) is 20.2. The molecule has 16 nitrogen and oxygen atoms in total. The normalized spacial score (nSPS) is 18.7. The SMILES string of the molecule is CCc1c(N)nc(SCC2=C(C(=O)[O-])N3C(=O)C(NC(=O)/C(=N\OC(C)(C)C(=O)O)c4csc(N)n4)C3SC2)[n+](C)c1N. The van der Waals surface area contributed by atoms with E-state index in [4.69, 9.17) is 22.0 Å². The van der Waals surface area contributed by atoms with Crippen LogP contribution in [0.4, 0.5) is 16.8 Å². The number of anilines is 3. The summed E-state index contributed by atoms with van der Waals surface area (Å²) in [5, 5.41) is 29.0. The third-order valence-electron chi connectivity index (χ3n) is 6.60. The number of β-lactam (4-membered cyclic amide) rings is 1. The van der Waals surface area contributed by atoms with Crippen LogP contribution in [0.15, 0.2) is 27.0 Å². The summed E-state index contributed by atoms with van der Waals surface area (Å²) in [4.78, 5) is 64.6. The molecule has 8 N–H and O–H groups in total. The second-order valence-electron chi connectivity index (χ2n) is 9.86. The number of thioether (sulfide) groups is 2. The van der Waals surface area contributed by atoms with Crippen LogP contribution in [0.1, 0.15) is 32.0 Å². The van der Waals surface area contributed by atoms with E-state index < -0.39 is 46.5 Å². The molecule has 0 aliphatic carbocycles. The van der Waals surface area contributed by atoms with E-state index in [0.717, 1.165) is 16.2 Å². The first kappa shape index (κ1) is 31.8. The van der Waals surface area contributed by atoms with Crippen molar-refractivity contribution in [3.63, 3.8) is 0 Å². The quantitative estimate of drug-likeness (QED) is 0.0461. The molecule has 1 fully saturated rings. The number of carbonyl (C=O) groups excluding carboxylic acids is 3. The van der Waals surface area contributed by atoms with Gasteiger partial charge in [0.15, 0.2) is 10.8 Å². The number of nitrogen functional groups attached to an aromatic ring is 3. The van der Waals surface area contributed by atoms with Crippen molar-refractivity contribution in [3.8, 4) is 0 Å². The van der Waals surface area contributed by atoms with Gasteiger partial charge in [0, 0.05) is 16.9 Å². The van der Waals surface area contributed by atoms with Crippen LogP contribution in [0.2, 0.25) is 0 Å². The van der Waals surface area contributed by atoms with Crippen molar-refractivity contribution in [2.45, 2.75) is 49.4 Å². The average Bonchev–Trinajstić information content (AvgIpc) is 3.37. The minimum atomic E-state index is -1.78. The molecular weight excluding hydrogens is 623 g/mol. The van der Waals surface area contributed by atoms with Gasteiger partial charge in [0.1, 0.15) is 17.1 Å². The van der Waals surface area contributed by atoms with Crippen LogP contribution in [-0.4, -0.2) is 78.0 Å². The van der Waals surface area contributed by atoms with Crippen molar-refractivity contribution < 1.29 is 38.8 Å². The molecule has 2 atom stereocenters. The molecule has 4 heterocycles. The molecule has 230 valence electrons. The molecule has 0 spiro atoms. The van der Waals surface area contributed by atoms with Crippen molar-refractivity contribution in [3.05, 3.63) is 27.9 Å². The number of carboxylic acid groups (broad SMARTS) is 2. The lowest BCUT2D eigenvalue weighted by molar-refractivity contribution is -0.699. The van der Waals surface area contributed by atoms with Crippen LogP contribution in [0, 0.1) is 0 Å². The molecule has 2 aromatic heterocycles. The molecule has 19 heteroatoms. The molecule has 0 aromatic carbocycles. The van der Waals surface area contributed by atoms with Gasteiger partial charge in [0.25, 0.3) is 11.8 Å². The molecule has 2 aliphatic rings. The lowest BCUT2D eigenvalue weighted by atomic mass is 10.0. The number of carbonyl (C=O) groups is 4. The summed E-state index contributed by atoms with van der Waals surface area (Å²) in [5.41, 5.74) is 16.6. The maximum absolute atomic E-state index is 13.2. The zero-order chi connectivity index (χ0) is 31.8. The molecule has 0 bridgehead atoms. The Morgan fingerprint density at radius 1 is 1.33 bits per heavy atom. The molecule has 43 heavy (non-hydrogen) atoms. The fourth-order valence-electron chi connectivity index (χ4n) is 4.12. The number of amides is 2. The van der Waals surface area contributed by atoms with Gasteiger partial charge in [-0.05, 0) is 37.6 Å². The smallest absolute Gasteiger partial charge is 0.350 e. The number of rotatable bonds is 11. The number of fused-ring (bicyclic) bond motifs is 1. The summed E-state index contributed by atoms with van der Waals surface area (Å²) in [6.45, 7) is 4.37. The number of aliphatic carboxylic acids is 2. The number of aromatic nitrogens is 3. The summed E-state index contributed by atoms with van der Waals surface area (Å²) in [6, 6.07) is -1.12. The van der Waals surface area contributed by atoms with Gasteiger partial charge < -0.3 is 42.4 Å². The number of nitrogens with two attached hydrogens (primary N) is 3. The fraction of sp³-hybridized carbons (Fsp3) is 0.417. The first-order valence-electron chi connectivity index (χ1n) is 12.6. The van der Waals surface area contributed by atoms with Crippen LogP contribution in [0.25, 0.3) is 0 Å². The van der Waals surface area contributed by atoms with E-state index in [2.05, 4.69) is 20.4 Å². The van der Waals surface area contributed by atoms with Gasteiger partial charge >= 0.3 is 11.1 Å². The molecule has 2 aliphatic heterocycles. The summed E-state index contributed by atoms with van der Waals surface area (Å²) in [5.74, 6) is -3.34. The average molecular weight is 652 g/mol. The molecule has 0 saturated carbocycles. The molecule has 0 radical (unpaired) electrons. The number of hydrogen-bond acceptors (Lipinski definition) is 15. The minimum absolute atomic E-state index is 0.00534. The summed E-state index contributed by atoms with van der Waals surface area (Å²) in [7, 11) is 1.72. The highest BCUT2D eigenvalue weighted by Crippen LogP contribution is 2.41. The maximum Gasteiger partial charge on any atom is 0.350 e. The number of oxime groups is 1. The first-order valence-corrected chi connectivity index (χ1v) is 15.6. The highest BCUT2D eigenvalue weighted by atomic mass is 32.2. The van der Waals surface area contributed by atoms with E-state index in [1.807, 2.05) is 6.92 Å². The van der Waals surface area contributed by atoms with E-state index in [1.165, 1.54) is 42.8 Å². The Hall–Kier alpha value is -4.10. The largest absolute Gasteiger partial charge is 0.543 e. The van der Waals surface area contributed by atoms with Crippen molar-refractivity contribution in [1.29, 1.82) is 0 Å². The Bertz CT molecular complexity index is 1570. The van der Waals surface area contributed by atoms with Crippen LogP contribution < -0.4 is 32.2 Å². The Morgan fingerprint density at radius 3 is 2.60 bits per heavy atom. The van der Waals surface area contributed by atoms with E-state index in [1.54, 1.807) is 11.6 Å². The van der Waals surface area contributed by atoms with Gasteiger partial charge in [-0.1, -0.05) is 17.1 Å². The van der Waals surface area contributed by atoms with Gasteiger partial charge in [0.2, 0.25) is 17.2 Å². The zero-order valence-corrected chi connectivity index (χ0v) is 25.9. The van der Waals surface area contributed by atoms with Gasteiger partial charge in [0.05, 0.1) is 24.3 Å². The zero-order valence-electron chi connectivity index (χ0n) is 23.4. The van der Waals surface area contributed by atoms with Crippen LogP contribution in [0.5, 0.6) is 0 Å². The monoisotopic (exact) mass is 651 g/mol. The van der Waals surface area contributed by atoms with E-state index in [0.29, 0.717) is 28.5 Å². The highest BCUT2D eigenvalue weighted by Gasteiger charge is 2.53. The number of hydrogen-bond donors (Lipinski definition) is 5. The molecule has 2 aromatic rings. The summed E-state index contributed by atoms with van der Waals surface area (Å²) in [6.07, 6.45) is 0.592. The molecule has 2 amide bonds. The van der Waals surface area contributed by atoms with E-state index >= 15 is 0 Å². The third kappa shape index (κ3) is 6.18. The van der Waals surface area contributed by atoms with Crippen LogP contribution >= 0.6 is 34.9 Å². The van der Waals surface area contributed by atoms with Gasteiger partial charge in [-0.3, -0.25) is 14.5 Å². The van der Waals surface area contributed by atoms with Crippen molar-refractivity contribution in [2.75, 3.05) is 28.7 Å². The van der Waals surface area contributed by atoms with Crippen LogP contribution in [0.3, 0.4) is 0 Å². The Kier molecular flexibility index (Phi) is 9.07. The predicted octanol–water partition coefficient (Wildman–Crippen LogP) is -1.55. The lowest BCUT2D eigenvalue weighted by Crippen LogP contribution is -2.71. The van der Waals surface area contributed by atoms with Crippen molar-refractivity contribution in [2.24, 2.45) is 12.2 Å². The lowest BCUT2D eigenvalue weighted by Gasteiger charge is -2.50. The molecule has 4 rings (SSSR count). The Morgan fingerprint density at radius 2 is 2.02 bits per heavy atom. The second kappa shape index (κ2) is 12.3. The van der Waals surface area contributed by atoms with Crippen molar-refractivity contribution in [1.82, 2.24) is 20.2 Å². The molecular formula is C24H29N9O7S3. The van der Waals surface area contributed by atoms with Gasteiger partial charge in [-0.15, -0.1) is 23.1 Å². The van der Waals surface area contributed by atoms with Gasteiger partial charge in [-0.25, -0.2) is 14.3 Å². The molecule has 2 unspecified atom stereocenters. The van der Waals surface area contributed by atoms with E-state index in [-0.39, 0.29) is 33.8 Å². The second-order valence-corrected chi connectivity index (χ2v) is 12.8. The summed E-state index contributed by atoms with van der Waals surface area (Å²) < 4.78 is 1.66. The maximum atomic E-state index is 13.2. The molecule has 1 saturated heterocycles. The number of thiazole rings is 1. The Balaban J connectivity index is 1.53. The number of carboxylic acids is 2. The van der Waals surface area contributed by atoms with Gasteiger partial charge in [-0.2, -0.15) is 0 Å². The predicted molar refractivity (Wildman–Crippen MR) is 157 cm³/mol. The summed E-state index contributed by atoms with van der Waals surface area (Å²) >= 11 is 3.47. The van der Waals surface area contributed by atoms with Crippen LogP contribution in [-0.2, 0) is 37.5 Å². The van der Waals surface area contributed by atoms with E-state index in [9.17, 15) is 29.4 Å². The number of nitrogens with zero attached hydrogens (tertiary/aromatic N) is 5.